The normalized spacial score (nSPS) is 14.0. The minimum atomic E-state index is -0.669. The van der Waals surface area contributed by atoms with Crippen molar-refractivity contribution in [3.05, 3.63) is 134 Å². The molecule has 1 aliphatic rings. The van der Waals surface area contributed by atoms with E-state index in [1.165, 1.54) is 11.8 Å². The molecule has 2 N–H and O–H groups in total. The molecule has 234 valence electrons. The van der Waals surface area contributed by atoms with E-state index in [2.05, 4.69) is 39.6 Å². The number of amides is 1. The van der Waals surface area contributed by atoms with E-state index in [-0.39, 0.29) is 5.91 Å². The SMILES string of the molecule is COc1ccccc1NC(=O)C1=C(C)Nc2nc(SCc3ccccc3Cl)nn2C1c1cc(Br)ccc1OCc1ccccc1C. The Morgan fingerprint density at radius 3 is 2.52 bits per heavy atom. The van der Waals surface area contributed by atoms with E-state index in [1.807, 2.05) is 79.7 Å². The van der Waals surface area contributed by atoms with Crippen molar-refractivity contribution in [2.45, 2.75) is 37.4 Å². The zero-order valence-corrected chi connectivity index (χ0v) is 28.5. The van der Waals surface area contributed by atoms with Gasteiger partial charge < -0.3 is 20.1 Å². The number of nitrogens with one attached hydrogen (secondary N) is 2. The molecule has 5 aromatic rings. The molecule has 2 heterocycles. The van der Waals surface area contributed by atoms with E-state index < -0.39 is 6.04 Å². The number of anilines is 2. The number of para-hydroxylation sites is 2. The molecule has 1 aromatic heterocycles. The molecule has 0 radical (unpaired) electrons. The molecule has 4 aromatic carbocycles. The monoisotopic (exact) mass is 715 g/mol. The van der Waals surface area contributed by atoms with Gasteiger partial charge in [-0.05, 0) is 66.9 Å². The van der Waals surface area contributed by atoms with Crippen LogP contribution in [0.25, 0.3) is 0 Å². The van der Waals surface area contributed by atoms with Crippen LogP contribution in [0.2, 0.25) is 5.02 Å². The predicted octanol–water partition coefficient (Wildman–Crippen LogP) is 8.81. The molecule has 1 unspecified atom stereocenters. The highest BCUT2D eigenvalue weighted by Crippen LogP contribution is 2.42. The third kappa shape index (κ3) is 6.79. The lowest BCUT2D eigenvalue weighted by atomic mass is 9.94. The Kier molecular flexibility index (Phi) is 9.67. The zero-order chi connectivity index (χ0) is 32.2. The van der Waals surface area contributed by atoms with Gasteiger partial charge in [-0.2, -0.15) is 4.98 Å². The van der Waals surface area contributed by atoms with Gasteiger partial charge in [-0.3, -0.25) is 4.79 Å². The molecular weight excluding hydrogens is 686 g/mol. The molecule has 0 saturated carbocycles. The zero-order valence-electron chi connectivity index (χ0n) is 25.4. The molecule has 0 bridgehead atoms. The fourth-order valence-electron chi connectivity index (χ4n) is 5.26. The van der Waals surface area contributed by atoms with Crippen LogP contribution in [0.3, 0.4) is 0 Å². The summed E-state index contributed by atoms with van der Waals surface area (Å²) >= 11 is 11.5. The van der Waals surface area contributed by atoms with Crippen molar-refractivity contribution in [2.75, 3.05) is 17.7 Å². The van der Waals surface area contributed by atoms with Gasteiger partial charge in [-0.15, -0.1) is 5.10 Å². The minimum Gasteiger partial charge on any atom is -0.495 e. The Hall–Kier alpha value is -4.25. The van der Waals surface area contributed by atoms with Crippen molar-refractivity contribution in [1.82, 2.24) is 14.8 Å². The Bertz CT molecular complexity index is 1950. The lowest BCUT2D eigenvalue weighted by Crippen LogP contribution is -2.32. The highest BCUT2D eigenvalue weighted by atomic mass is 79.9. The van der Waals surface area contributed by atoms with Crippen molar-refractivity contribution in [3.63, 3.8) is 0 Å². The first kappa shape index (κ1) is 31.7. The van der Waals surface area contributed by atoms with E-state index in [0.717, 1.165) is 26.7 Å². The van der Waals surface area contributed by atoms with Crippen LogP contribution in [0.1, 0.15) is 35.2 Å². The van der Waals surface area contributed by atoms with E-state index in [4.69, 9.17) is 31.2 Å². The summed E-state index contributed by atoms with van der Waals surface area (Å²) in [5.74, 6) is 1.97. The quantitative estimate of drug-likeness (QED) is 0.140. The molecule has 11 heteroatoms. The third-order valence-corrected chi connectivity index (χ3v) is 9.41. The van der Waals surface area contributed by atoms with Gasteiger partial charge in [0.15, 0.2) is 0 Å². The Labute approximate surface area is 285 Å². The van der Waals surface area contributed by atoms with E-state index >= 15 is 0 Å². The molecule has 46 heavy (non-hydrogen) atoms. The largest absolute Gasteiger partial charge is 0.495 e. The number of aromatic nitrogens is 3. The second-order valence-corrected chi connectivity index (χ2v) is 12.9. The van der Waals surface area contributed by atoms with Gasteiger partial charge >= 0.3 is 0 Å². The van der Waals surface area contributed by atoms with Gasteiger partial charge in [0, 0.05) is 26.5 Å². The molecule has 0 spiro atoms. The van der Waals surface area contributed by atoms with Crippen LogP contribution >= 0.6 is 39.3 Å². The molecule has 0 fully saturated rings. The summed E-state index contributed by atoms with van der Waals surface area (Å²) < 4.78 is 14.6. The van der Waals surface area contributed by atoms with Crippen molar-refractivity contribution in [3.8, 4) is 11.5 Å². The number of halogens is 2. The summed E-state index contributed by atoms with van der Waals surface area (Å²) in [4.78, 5) is 19.0. The lowest BCUT2D eigenvalue weighted by Gasteiger charge is -2.30. The number of allylic oxidation sites excluding steroid dienone is 1. The maximum absolute atomic E-state index is 14.2. The van der Waals surface area contributed by atoms with Gasteiger partial charge in [0.2, 0.25) is 11.1 Å². The lowest BCUT2D eigenvalue weighted by molar-refractivity contribution is -0.113. The maximum atomic E-state index is 14.2. The fraction of sp³-hybridized carbons (Fsp3) is 0.171. The molecule has 1 aliphatic heterocycles. The first-order chi connectivity index (χ1) is 22.3. The number of nitrogens with zero attached hydrogens (tertiary/aromatic N) is 3. The summed E-state index contributed by atoms with van der Waals surface area (Å²) in [6.45, 7) is 4.29. The molecule has 0 aliphatic carbocycles. The number of carbonyl (C=O) groups is 1. The standard InChI is InChI=1S/C35H31BrClN5O3S/c1-21-10-4-5-11-23(21)19-45-29-17-16-25(36)18-26(29)32-31(33(43)39-28-14-8-9-15-30(28)44-3)22(2)38-34-40-35(41-42(32)34)46-20-24-12-6-7-13-27(24)37/h4-18,32H,19-20H2,1-3H3,(H,39,43)(H,38,40,41). The van der Waals surface area contributed by atoms with Crippen LogP contribution in [-0.4, -0.2) is 27.8 Å². The molecule has 6 rings (SSSR count). The van der Waals surface area contributed by atoms with E-state index in [1.54, 1.807) is 23.9 Å². The highest BCUT2D eigenvalue weighted by molar-refractivity contribution is 9.10. The predicted molar refractivity (Wildman–Crippen MR) is 187 cm³/mol. The summed E-state index contributed by atoms with van der Waals surface area (Å²) in [5, 5.41) is 12.5. The van der Waals surface area contributed by atoms with Crippen LogP contribution in [-0.2, 0) is 17.2 Å². The molecule has 1 atom stereocenters. The first-order valence-electron chi connectivity index (χ1n) is 14.5. The molecule has 0 saturated heterocycles. The third-order valence-electron chi connectivity index (χ3n) is 7.66. The second kappa shape index (κ2) is 14.0. The van der Waals surface area contributed by atoms with Crippen molar-refractivity contribution in [1.29, 1.82) is 0 Å². The van der Waals surface area contributed by atoms with Gasteiger partial charge in [-0.1, -0.05) is 93.9 Å². The van der Waals surface area contributed by atoms with Gasteiger partial charge in [-0.25, -0.2) is 4.68 Å². The second-order valence-electron chi connectivity index (χ2n) is 10.7. The molecule has 8 nitrogen and oxygen atoms in total. The summed E-state index contributed by atoms with van der Waals surface area (Å²) in [6.07, 6.45) is 0. The Morgan fingerprint density at radius 2 is 1.74 bits per heavy atom. The summed E-state index contributed by atoms with van der Waals surface area (Å²) in [6, 6.07) is 28.3. The van der Waals surface area contributed by atoms with Crippen LogP contribution in [0, 0.1) is 6.92 Å². The minimum absolute atomic E-state index is 0.309. The Balaban J connectivity index is 1.41. The average molecular weight is 717 g/mol. The van der Waals surface area contributed by atoms with E-state index in [9.17, 15) is 4.79 Å². The number of ether oxygens (including phenoxy) is 2. The van der Waals surface area contributed by atoms with Crippen LogP contribution in [0.15, 0.2) is 112 Å². The average Bonchev–Trinajstić information content (AvgIpc) is 3.46. The number of aryl methyl sites for hydroxylation is 1. The van der Waals surface area contributed by atoms with Gasteiger partial charge in [0.05, 0.1) is 18.4 Å². The number of benzene rings is 4. The smallest absolute Gasteiger partial charge is 0.255 e. The highest BCUT2D eigenvalue weighted by Gasteiger charge is 2.36. The van der Waals surface area contributed by atoms with Crippen LogP contribution < -0.4 is 20.1 Å². The maximum Gasteiger partial charge on any atom is 0.255 e. The Morgan fingerprint density at radius 1 is 1.00 bits per heavy atom. The summed E-state index contributed by atoms with van der Waals surface area (Å²) in [5.41, 5.74) is 5.60. The van der Waals surface area contributed by atoms with Crippen LogP contribution in [0.4, 0.5) is 11.6 Å². The van der Waals surface area contributed by atoms with Gasteiger partial charge in [0.25, 0.3) is 5.91 Å². The van der Waals surface area contributed by atoms with Crippen LogP contribution in [0.5, 0.6) is 11.5 Å². The summed E-state index contributed by atoms with van der Waals surface area (Å²) in [7, 11) is 1.57. The van der Waals surface area contributed by atoms with Crippen molar-refractivity contribution < 1.29 is 14.3 Å². The number of hydrogen-bond donors (Lipinski definition) is 2. The first-order valence-corrected chi connectivity index (χ1v) is 16.7. The van der Waals surface area contributed by atoms with Crippen molar-refractivity contribution in [2.24, 2.45) is 0 Å². The topological polar surface area (TPSA) is 90.3 Å². The van der Waals surface area contributed by atoms with Crippen molar-refractivity contribution >= 4 is 56.8 Å². The number of methoxy groups -OCH3 is 1. The number of rotatable bonds is 10. The number of fused-ring (bicyclic) bond motifs is 1. The number of hydrogen-bond acceptors (Lipinski definition) is 7. The number of thioether (sulfide) groups is 1. The molecular formula is C35H31BrClN5O3S. The number of carbonyl (C=O) groups excluding carboxylic acids is 1. The molecule has 1 amide bonds. The van der Waals surface area contributed by atoms with Gasteiger partial charge in [0.1, 0.15) is 24.1 Å². The fourth-order valence-corrected chi connectivity index (χ4v) is 6.76. The van der Waals surface area contributed by atoms with E-state index in [0.29, 0.717) is 56.9 Å².